The molecule has 1 fully saturated rings. The molecular weight excluding hydrogens is 160 g/mol. The van der Waals surface area contributed by atoms with Crippen molar-refractivity contribution in [3.05, 3.63) is 0 Å². The Balaban J connectivity index is 2.51. The van der Waals surface area contributed by atoms with Crippen LogP contribution in [0.5, 0.6) is 0 Å². The quantitative estimate of drug-likeness (QED) is 0.698. The minimum Gasteiger partial charge on any atom is -0.393 e. The Morgan fingerprint density at radius 1 is 1.31 bits per heavy atom. The Bertz CT molecular complexity index is 161. The molecule has 1 aliphatic carbocycles. The van der Waals surface area contributed by atoms with Gasteiger partial charge in [-0.25, -0.2) is 0 Å². The average Bonchev–Trinajstić information content (AvgIpc) is 2.01. The fourth-order valence-corrected chi connectivity index (χ4v) is 2.59. The number of hydrogen-bond donors (Lipinski definition) is 1. The maximum absolute atomic E-state index is 9.98. The first-order valence-corrected chi connectivity index (χ1v) is 5.60. The highest BCUT2D eigenvalue weighted by Crippen LogP contribution is 2.40. The standard InChI is InChI=1S/C12H24O/c1-9(2)11(13)10-6-5-7-12(3,4)8-10/h9-11,13H,5-8H2,1-4H3. The molecule has 0 heterocycles. The van der Waals surface area contributed by atoms with Gasteiger partial charge in [0.2, 0.25) is 0 Å². The van der Waals surface area contributed by atoms with E-state index < -0.39 is 0 Å². The molecule has 1 nitrogen and oxygen atoms in total. The van der Waals surface area contributed by atoms with Gasteiger partial charge in [0.05, 0.1) is 6.10 Å². The van der Waals surface area contributed by atoms with Crippen LogP contribution in [0.1, 0.15) is 53.4 Å². The molecule has 1 aliphatic rings. The predicted molar refractivity (Wildman–Crippen MR) is 56.6 cm³/mol. The first-order chi connectivity index (χ1) is 5.92. The van der Waals surface area contributed by atoms with Crippen molar-refractivity contribution in [2.45, 2.75) is 59.5 Å². The number of aliphatic hydroxyl groups is 1. The summed E-state index contributed by atoms with van der Waals surface area (Å²) in [6, 6.07) is 0. The fourth-order valence-electron chi connectivity index (χ4n) is 2.59. The number of hydrogen-bond acceptors (Lipinski definition) is 1. The van der Waals surface area contributed by atoms with Gasteiger partial charge in [0.25, 0.3) is 0 Å². The van der Waals surface area contributed by atoms with Crippen LogP contribution in [0.3, 0.4) is 0 Å². The molecular formula is C12H24O. The largest absolute Gasteiger partial charge is 0.393 e. The highest BCUT2D eigenvalue weighted by atomic mass is 16.3. The van der Waals surface area contributed by atoms with E-state index in [0.717, 1.165) is 0 Å². The van der Waals surface area contributed by atoms with Crippen LogP contribution in [-0.2, 0) is 0 Å². The molecule has 0 saturated heterocycles. The van der Waals surface area contributed by atoms with Crippen molar-refractivity contribution >= 4 is 0 Å². The minimum absolute atomic E-state index is 0.0837. The van der Waals surface area contributed by atoms with Crippen molar-refractivity contribution in [1.29, 1.82) is 0 Å². The zero-order valence-corrected chi connectivity index (χ0v) is 9.51. The number of aliphatic hydroxyl groups excluding tert-OH is 1. The molecule has 1 heteroatoms. The van der Waals surface area contributed by atoms with Gasteiger partial charge >= 0.3 is 0 Å². The van der Waals surface area contributed by atoms with Crippen LogP contribution in [0, 0.1) is 17.3 Å². The summed E-state index contributed by atoms with van der Waals surface area (Å²) in [6.45, 7) is 8.89. The molecule has 0 aliphatic heterocycles. The molecule has 2 unspecified atom stereocenters. The summed E-state index contributed by atoms with van der Waals surface area (Å²) in [7, 11) is 0. The van der Waals surface area contributed by atoms with Crippen molar-refractivity contribution in [2.24, 2.45) is 17.3 Å². The van der Waals surface area contributed by atoms with Gasteiger partial charge < -0.3 is 5.11 Å². The molecule has 78 valence electrons. The van der Waals surface area contributed by atoms with Crippen LogP contribution in [0.4, 0.5) is 0 Å². The summed E-state index contributed by atoms with van der Waals surface area (Å²) in [4.78, 5) is 0. The van der Waals surface area contributed by atoms with Crippen LogP contribution in [0.2, 0.25) is 0 Å². The SMILES string of the molecule is CC(C)C(O)C1CCCC(C)(C)C1. The first kappa shape index (κ1) is 11.0. The van der Waals surface area contributed by atoms with E-state index in [2.05, 4.69) is 27.7 Å². The van der Waals surface area contributed by atoms with E-state index in [1.165, 1.54) is 25.7 Å². The predicted octanol–water partition coefficient (Wildman–Crippen LogP) is 3.22. The third-order valence-corrected chi connectivity index (χ3v) is 3.41. The lowest BCUT2D eigenvalue weighted by atomic mass is 9.69. The van der Waals surface area contributed by atoms with Crippen molar-refractivity contribution in [1.82, 2.24) is 0 Å². The second-order valence-corrected chi connectivity index (χ2v) is 5.76. The molecule has 0 aromatic heterocycles. The lowest BCUT2D eigenvalue weighted by molar-refractivity contribution is 0.0173. The zero-order valence-electron chi connectivity index (χ0n) is 9.51. The lowest BCUT2D eigenvalue weighted by Gasteiger charge is -2.38. The van der Waals surface area contributed by atoms with Crippen molar-refractivity contribution < 1.29 is 5.11 Å². The maximum Gasteiger partial charge on any atom is 0.0591 e. The van der Waals surface area contributed by atoms with Gasteiger partial charge in [0.1, 0.15) is 0 Å². The Morgan fingerprint density at radius 3 is 2.38 bits per heavy atom. The van der Waals surface area contributed by atoms with E-state index in [9.17, 15) is 5.11 Å². The topological polar surface area (TPSA) is 20.2 Å². The van der Waals surface area contributed by atoms with Crippen LogP contribution < -0.4 is 0 Å². The van der Waals surface area contributed by atoms with E-state index in [0.29, 0.717) is 17.3 Å². The summed E-state index contributed by atoms with van der Waals surface area (Å²) in [5, 5.41) is 9.98. The van der Waals surface area contributed by atoms with Crippen LogP contribution in [0.25, 0.3) is 0 Å². The highest BCUT2D eigenvalue weighted by Gasteiger charge is 2.32. The van der Waals surface area contributed by atoms with E-state index in [-0.39, 0.29) is 6.10 Å². The maximum atomic E-state index is 9.98. The Hall–Kier alpha value is -0.0400. The Labute approximate surface area is 82.5 Å². The molecule has 13 heavy (non-hydrogen) atoms. The summed E-state index contributed by atoms with van der Waals surface area (Å²) < 4.78 is 0. The summed E-state index contributed by atoms with van der Waals surface area (Å²) in [5.41, 5.74) is 0.457. The van der Waals surface area contributed by atoms with Gasteiger partial charge in [-0.3, -0.25) is 0 Å². The van der Waals surface area contributed by atoms with Crippen LogP contribution >= 0.6 is 0 Å². The van der Waals surface area contributed by atoms with Crippen molar-refractivity contribution in [3.8, 4) is 0 Å². The van der Waals surface area contributed by atoms with Gasteiger partial charge in [0, 0.05) is 0 Å². The lowest BCUT2D eigenvalue weighted by Crippen LogP contribution is -2.33. The number of rotatable bonds is 2. The van der Waals surface area contributed by atoms with Gasteiger partial charge in [-0.2, -0.15) is 0 Å². The molecule has 2 atom stereocenters. The highest BCUT2D eigenvalue weighted by molar-refractivity contribution is 4.83. The second kappa shape index (κ2) is 4.00. The molecule has 0 radical (unpaired) electrons. The van der Waals surface area contributed by atoms with Gasteiger partial charge in [-0.1, -0.05) is 34.1 Å². The van der Waals surface area contributed by atoms with Crippen LogP contribution in [-0.4, -0.2) is 11.2 Å². The van der Waals surface area contributed by atoms with E-state index in [4.69, 9.17) is 0 Å². The first-order valence-electron chi connectivity index (χ1n) is 5.60. The van der Waals surface area contributed by atoms with Crippen molar-refractivity contribution in [3.63, 3.8) is 0 Å². The summed E-state index contributed by atoms with van der Waals surface area (Å²) in [6.07, 6.45) is 4.96. The molecule has 0 aromatic carbocycles. The molecule has 1 N–H and O–H groups in total. The van der Waals surface area contributed by atoms with E-state index >= 15 is 0 Å². The van der Waals surface area contributed by atoms with E-state index in [1.54, 1.807) is 0 Å². The molecule has 1 rings (SSSR count). The third kappa shape index (κ3) is 2.98. The van der Waals surface area contributed by atoms with E-state index in [1.807, 2.05) is 0 Å². The Kier molecular flexibility index (Phi) is 3.39. The summed E-state index contributed by atoms with van der Waals surface area (Å²) >= 11 is 0. The molecule has 1 saturated carbocycles. The van der Waals surface area contributed by atoms with Crippen molar-refractivity contribution in [2.75, 3.05) is 0 Å². The van der Waals surface area contributed by atoms with Gasteiger partial charge in [-0.15, -0.1) is 0 Å². The molecule has 0 aromatic rings. The molecule has 0 bridgehead atoms. The smallest absolute Gasteiger partial charge is 0.0591 e. The zero-order chi connectivity index (χ0) is 10.1. The molecule has 0 amide bonds. The summed E-state index contributed by atoms with van der Waals surface area (Å²) in [5.74, 6) is 0.961. The second-order valence-electron chi connectivity index (χ2n) is 5.76. The monoisotopic (exact) mass is 184 g/mol. The van der Waals surface area contributed by atoms with Gasteiger partial charge in [-0.05, 0) is 36.5 Å². The van der Waals surface area contributed by atoms with Crippen LogP contribution in [0.15, 0.2) is 0 Å². The normalized spacial score (nSPS) is 30.5. The molecule has 0 spiro atoms. The fraction of sp³-hybridized carbons (Fsp3) is 1.00. The average molecular weight is 184 g/mol. The Morgan fingerprint density at radius 2 is 1.92 bits per heavy atom. The third-order valence-electron chi connectivity index (χ3n) is 3.41. The van der Waals surface area contributed by atoms with Gasteiger partial charge in [0.15, 0.2) is 0 Å². The minimum atomic E-state index is -0.0837.